The van der Waals surface area contributed by atoms with Crippen molar-refractivity contribution in [1.82, 2.24) is 14.9 Å². The number of aromatic nitrogens is 2. The number of carbonyl (C=O) groups is 1. The van der Waals surface area contributed by atoms with E-state index in [1.807, 2.05) is 0 Å². The summed E-state index contributed by atoms with van der Waals surface area (Å²) in [7, 11) is 0. The van der Waals surface area contributed by atoms with E-state index in [0.29, 0.717) is 25.4 Å². The molecule has 1 aliphatic rings. The molecule has 1 aliphatic heterocycles. The van der Waals surface area contributed by atoms with Gasteiger partial charge in [0.1, 0.15) is 6.10 Å². The van der Waals surface area contributed by atoms with Crippen LogP contribution in [0.15, 0.2) is 42.9 Å². The van der Waals surface area contributed by atoms with Crippen molar-refractivity contribution in [2.24, 2.45) is 0 Å². The lowest BCUT2D eigenvalue weighted by Gasteiger charge is -2.17. The zero-order valence-corrected chi connectivity index (χ0v) is 12.5. The van der Waals surface area contributed by atoms with Crippen LogP contribution in [0.3, 0.4) is 0 Å². The van der Waals surface area contributed by atoms with Crippen molar-refractivity contribution < 1.29 is 22.7 Å². The van der Waals surface area contributed by atoms with Crippen LogP contribution in [-0.2, 0) is 6.18 Å². The van der Waals surface area contributed by atoms with E-state index < -0.39 is 17.6 Å². The van der Waals surface area contributed by atoms with Crippen molar-refractivity contribution >= 4 is 5.91 Å². The van der Waals surface area contributed by atoms with E-state index in [2.05, 4.69) is 9.97 Å². The fourth-order valence-electron chi connectivity index (χ4n) is 2.54. The second-order valence-electron chi connectivity index (χ2n) is 5.40. The summed E-state index contributed by atoms with van der Waals surface area (Å²) in [6, 6.07) is 4.44. The van der Waals surface area contributed by atoms with Crippen LogP contribution >= 0.6 is 0 Å². The molecule has 3 rings (SSSR count). The van der Waals surface area contributed by atoms with Gasteiger partial charge in [0.2, 0.25) is 5.88 Å². The van der Waals surface area contributed by atoms with Gasteiger partial charge >= 0.3 is 6.18 Å². The molecular weight excluding hydrogens is 323 g/mol. The van der Waals surface area contributed by atoms with Crippen LogP contribution in [0.1, 0.15) is 22.3 Å². The molecule has 1 aromatic carbocycles. The maximum absolute atomic E-state index is 12.8. The Balaban J connectivity index is 1.66. The third-order valence-corrected chi connectivity index (χ3v) is 3.70. The summed E-state index contributed by atoms with van der Waals surface area (Å²) in [6.45, 7) is 0.714. The van der Waals surface area contributed by atoms with E-state index in [1.54, 1.807) is 0 Å². The molecule has 1 aromatic heterocycles. The van der Waals surface area contributed by atoms with Gasteiger partial charge in [-0.2, -0.15) is 13.2 Å². The molecule has 1 fully saturated rings. The van der Waals surface area contributed by atoms with Gasteiger partial charge in [0, 0.05) is 30.9 Å². The number of benzene rings is 1. The van der Waals surface area contributed by atoms with Gasteiger partial charge in [0.05, 0.1) is 18.3 Å². The molecule has 5 nitrogen and oxygen atoms in total. The SMILES string of the molecule is O=C(c1cccc(C(F)(F)F)c1)N1CC[C@H](Oc2cnccn2)C1. The fourth-order valence-corrected chi connectivity index (χ4v) is 2.54. The number of hydrogen-bond donors (Lipinski definition) is 0. The minimum atomic E-state index is -4.47. The number of ether oxygens (including phenoxy) is 1. The molecule has 2 heterocycles. The molecule has 2 aromatic rings. The third-order valence-electron chi connectivity index (χ3n) is 3.70. The Morgan fingerprint density at radius 2 is 2.12 bits per heavy atom. The smallest absolute Gasteiger partial charge is 0.416 e. The maximum Gasteiger partial charge on any atom is 0.416 e. The molecule has 1 saturated heterocycles. The van der Waals surface area contributed by atoms with Crippen LogP contribution in [0.5, 0.6) is 5.88 Å². The Morgan fingerprint density at radius 1 is 1.29 bits per heavy atom. The van der Waals surface area contributed by atoms with Crippen LogP contribution in [-0.4, -0.2) is 40.0 Å². The van der Waals surface area contributed by atoms with Crippen molar-refractivity contribution in [2.75, 3.05) is 13.1 Å². The van der Waals surface area contributed by atoms with Crippen LogP contribution in [0, 0.1) is 0 Å². The highest BCUT2D eigenvalue weighted by molar-refractivity contribution is 5.94. The molecule has 1 amide bonds. The highest BCUT2D eigenvalue weighted by Gasteiger charge is 2.33. The Morgan fingerprint density at radius 3 is 2.83 bits per heavy atom. The van der Waals surface area contributed by atoms with Crippen LogP contribution in [0.25, 0.3) is 0 Å². The Bertz CT molecular complexity index is 722. The standard InChI is InChI=1S/C16H14F3N3O2/c17-16(18,19)12-3-1-2-11(8-12)15(23)22-7-4-13(10-22)24-14-9-20-5-6-21-14/h1-3,5-6,8-9,13H,4,7,10H2/t13-/m0/s1. The molecule has 0 unspecified atom stereocenters. The van der Waals surface area contributed by atoms with Crippen molar-refractivity contribution in [3.8, 4) is 5.88 Å². The first-order valence-electron chi connectivity index (χ1n) is 7.33. The number of alkyl halides is 3. The van der Waals surface area contributed by atoms with E-state index >= 15 is 0 Å². The van der Waals surface area contributed by atoms with Crippen molar-refractivity contribution in [3.63, 3.8) is 0 Å². The third kappa shape index (κ3) is 3.64. The van der Waals surface area contributed by atoms with Gasteiger partial charge in [0.15, 0.2) is 0 Å². The number of hydrogen-bond acceptors (Lipinski definition) is 4. The summed E-state index contributed by atoms with van der Waals surface area (Å²) < 4.78 is 43.9. The normalized spacial score (nSPS) is 17.8. The van der Waals surface area contributed by atoms with Gasteiger partial charge in [-0.3, -0.25) is 9.78 Å². The average molecular weight is 337 g/mol. The first-order valence-corrected chi connectivity index (χ1v) is 7.33. The summed E-state index contributed by atoms with van der Waals surface area (Å²) in [5.41, 5.74) is -0.815. The lowest BCUT2D eigenvalue weighted by molar-refractivity contribution is -0.137. The summed E-state index contributed by atoms with van der Waals surface area (Å²) in [5.74, 6) is -0.0813. The molecule has 8 heteroatoms. The Hall–Kier alpha value is -2.64. The van der Waals surface area contributed by atoms with Crippen LogP contribution in [0.4, 0.5) is 13.2 Å². The van der Waals surface area contributed by atoms with Gasteiger partial charge in [-0.25, -0.2) is 4.98 Å². The fraction of sp³-hybridized carbons (Fsp3) is 0.312. The quantitative estimate of drug-likeness (QED) is 0.864. The van der Waals surface area contributed by atoms with Crippen molar-refractivity contribution in [3.05, 3.63) is 54.0 Å². The van der Waals surface area contributed by atoms with E-state index in [-0.39, 0.29) is 11.7 Å². The predicted octanol–water partition coefficient (Wildman–Crippen LogP) is 2.79. The number of halogens is 3. The van der Waals surface area contributed by atoms with Crippen LogP contribution in [0.2, 0.25) is 0 Å². The molecule has 0 N–H and O–H groups in total. The lowest BCUT2D eigenvalue weighted by Crippen LogP contribution is -2.31. The minimum Gasteiger partial charge on any atom is -0.471 e. The molecule has 0 aliphatic carbocycles. The molecule has 0 radical (unpaired) electrons. The number of likely N-dealkylation sites (tertiary alicyclic amines) is 1. The Kier molecular flexibility index (Phi) is 4.37. The predicted molar refractivity (Wildman–Crippen MR) is 78.4 cm³/mol. The molecule has 126 valence electrons. The van der Waals surface area contributed by atoms with E-state index in [4.69, 9.17) is 4.74 Å². The van der Waals surface area contributed by atoms with Gasteiger partial charge in [0.25, 0.3) is 5.91 Å². The summed E-state index contributed by atoms with van der Waals surface area (Å²) in [4.78, 5) is 21.8. The number of nitrogens with zero attached hydrogens (tertiary/aromatic N) is 3. The van der Waals surface area contributed by atoms with Gasteiger partial charge in [-0.15, -0.1) is 0 Å². The Labute approximate surface area is 136 Å². The molecule has 0 bridgehead atoms. The van der Waals surface area contributed by atoms with Crippen LogP contribution < -0.4 is 4.74 Å². The van der Waals surface area contributed by atoms with Gasteiger partial charge in [-0.1, -0.05) is 6.07 Å². The van der Waals surface area contributed by atoms with E-state index in [0.717, 1.165) is 12.1 Å². The van der Waals surface area contributed by atoms with Crippen molar-refractivity contribution in [1.29, 1.82) is 0 Å². The molecule has 0 spiro atoms. The van der Waals surface area contributed by atoms with Gasteiger partial charge in [-0.05, 0) is 18.2 Å². The highest BCUT2D eigenvalue weighted by atomic mass is 19.4. The van der Waals surface area contributed by atoms with E-state index in [9.17, 15) is 18.0 Å². The molecular formula is C16H14F3N3O2. The average Bonchev–Trinajstić information content (AvgIpc) is 3.03. The lowest BCUT2D eigenvalue weighted by atomic mass is 10.1. The first kappa shape index (κ1) is 16.2. The zero-order valence-electron chi connectivity index (χ0n) is 12.5. The van der Waals surface area contributed by atoms with Crippen molar-refractivity contribution in [2.45, 2.75) is 18.7 Å². The summed E-state index contributed by atoms with van der Waals surface area (Å²) in [5, 5.41) is 0. The summed E-state index contributed by atoms with van der Waals surface area (Å²) in [6.07, 6.45) is 0.342. The second-order valence-corrected chi connectivity index (χ2v) is 5.40. The first-order chi connectivity index (χ1) is 11.4. The van der Waals surface area contributed by atoms with E-state index in [1.165, 1.54) is 35.6 Å². The molecule has 24 heavy (non-hydrogen) atoms. The highest BCUT2D eigenvalue weighted by Crippen LogP contribution is 2.30. The monoisotopic (exact) mass is 337 g/mol. The summed E-state index contributed by atoms with van der Waals surface area (Å²) >= 11 is 0. The topological polar surface area (TPSA) is 55.3 Å². The zero-order chi connectivity index (χ0) is 17.2. The number of amides is 1. The second kappa shape index (κ2) is 6.46. The number of rotatable bonds is 3. The minimum absolute atomic E-state index is 0.0185. The molecule has 1 atom stereocenters. The number of carbonyl (C=O) groups excluding carboxylic acids is 1. The largest absolute Gasteiger partial charge is 0.471 e. The van der Waals surface area contributed by atoms with Gasteiger partial charge < -0.3 is 9.64 Å². The molecule has 0 saturated carbocycles. The maximum atomic E-state index is 12.8.